The summed E-state index contributed by atoms with van der Waals surface area (Å²) in [5.41, 5.74) is 3.26. The monoisotopic (exact) mass is 431 g/mol. The Bertz CT molecular complexity index is 913. The number of hydrogen-bond acceptors (Lipinski definition) is 6. The van der Waals surface area contributed by atoms with E-state index in [-0.39, 0.29) is 0 Å². The SMILES string of the molecule is CCn1nnnc1NCc1c(Br)ccc(OC)c1OCc1ccccc1C. The quantitative estimate of drug-likeness (QED) is 0.581. The zero-order valence-electron chi connectivity index (χ0n) is 15.6. The molecular formula is C19H22BrN5O2. The summed E-state index contributed by atoms with van der Waals surface area (Å²) < 4.78 is 14.3. The van der Waals surface area contributed by atoms with Gasteiger partial charge in [0.15, 0.2) is 11.5 Å². The molecule has 0 radical (unpaired) electrons. The molecule has 0 spiro atoms. The largest absolute Gasteiger partial charge is 0.493 e. The maximum atomic E-state index is 6.18. The fraction of sp³-hybridized carbons (Fsp3) is 0.316. The Morgan fingerprint density at radius 1 is 1.19 bits per heavy atom. The number of aromatic nitrogens is 4. The summed E-state index contributed by atoms with van der Waals surface area (Å²) in [6.07, 6.45) is 0. The van der Waals surface area contributed by atoms with Crippen LogP contribution in [-0.2, 0) is 19.7 Å². The molecule has 0 aliphatic rings. The van der Waals surface area contributed by atoms with Crippen LogP contribution >= 0.6 is 15.9 Å². The summed E-state index contributed by atoms with van der Waals surface area (Å²) in [5.74, 6) is 1.98. The average Bonchev–Trinajstić information content (AvgIpc) is 3.14. The van der Waals surface area contributed by atoms with Crippen LogP contribution in [0.5, 0.6) is 11.5 Å². The van der Waals surface area contributed by atoms with E-state index in [0.717, 1.165) is 15.6 Å². The lowest BCUT2D eigenvalue weighted by Gasteiger charge is -2.18. The molecule has 3 aromatic rings. The fourth-order valence-corrected chi connectivity index (χ4v) is 3.15. The van der Waals surface area contributed by atoms with Gasteiger partial charge in [-0.25, -0.2) is 4.68 Å². The van der Waals surface area contributed by atoms with Gasteiger partial charge in [0.25, 0.3) is 0 Å². The van der Waals surface area contributed by atoms with Crippen LogP contribution in [0.1, 0.15) is 23.6 Å². The van der Waals surface area contributed by atoms with Crippen LogP contribution < -0.4 is 14.8 Å². The number of aryl methyl sites for hydroxylation is 2. The van der Waals surface area contributed by atoms with E-state index in [9.17, 15) is 0 Å². The van der Waals surface area contributed by atoms with E-state index in [0.29, 0.717) is 37.1 Å². The number of ether oxygens (including phenoxy) is 2. The van der Waals surface area contributed by atoms with Crippen molar-refractivity contribution in [2.45, 2.75) is 33.5 Å². The predicted molar refractivity (Wildman–Crippen MR) is 107 cm³/mol. The van der Waals surface area contributed by atoms with Gasteiger partial charge in [-0.1, -0.05) is 45.3 Å². The van der Waals surface area contributed by atoms with E-state index < -0.39 is 0 Å². The number of halogens is 1. The number of rotatable bonds is 8. The highest BCUT2D eigenvalue weighted by molar-refractivity contribution is 9.10. The maximum absolute atomic E-state index is 6.18. The molecule has 0 saturated heterocycles. The number of methoxy groups -OCH3 is 1. The Morgan fingerprint density at radius 2 is 2.00 bits per heavy atom. The van der Waals surface area contributed by atoms with E-state index in [1.807, 2.05) is 31.2 Å². The second-order valence-electron chi connectivity index (χ2n) is 5.94. The smallest absolute Gasteiger partial charge is 0.243 e. The molecule has 142 valence electrons. The van der Waals surface area contributed by atoms with Gasteiger partial charge in [0.1, 0.15) is 6.61 Å². The van der Waals surface area contributed by atoms with Crippen LogP contribution in [-0.4, -0.2) is 27.3 Å². The number of tetrazole rings is 1. The minimum absolute atomic E-state index is 0.458. The molecule has 27 heavy (non-hydrogen) atoms. The van der Waals surface area contributed by atoms with Crippen LogP contribution in [0.3, 0.4) is 0 Å². The molecule has 0 fully saturated rings. The predicted octanol–water partition coefficient (Wildman–Crippen LogP) is 3.96. The van der Waals surface area contributed by atoms with E-state index in [1.54, 1.807) is 11.8 Å². The first-order valence-corrected chi connectivity index (χ1v) is 9.46. The third-order valence-corrected chi connectivity index (χ3v) is 5.02. The number of benzene rings is 2. The van der Waals surface area contributed by atoms with Crippen molar-refractivity contribution in [3.8, 4) is 11.5 Å². The van der Waals surface area contributed by atoms with Crippen LogP contribution in [0.15, 0.2) is 40.9 Å². The third-order valence-electron chi connectivity index (χ3n) is 4.28. The van der Waals surface area contributed by atoms with Crippen LogP contribution in [0.2, 0.25) is 0 Å². The van der Waals surface area contributed by atoms with Crippen molar-refractivity contribution >= 4 is 21.9 Å². The highest BCUT2D eigenvalue weighted by atomic mass is 79.9. The van der Waals surface area contributed by atoms with E-state index in [1.165, 1.54) is 5.56 Å². The molecule has 0 aliphatic carbocycles. The lowest BCUT2D eigenvalue weighted by Crippen LogP contribution is -2.10. The van der Waals surface area contributed by atoms with Gasteiger partial charge in [0.05, 0.1) is 7.11 Å². The van der Waals surface area contributed by atoms with Gasteiger partial charge in [-0.15, -0.1) is 0 Å². The first-order chi connectivity index (χ1) is 13.1. The maximum Gasteiger partial charge on any atom is 0.243 e. The molecule has 0 saturated carbocycles. The Kier molecular flexibility index (Phi) is 6.28. The number of hydrogen-bond donors (Lipinski definition) is 1. The summed E-state index contributed by atoms with van der Waals surface area (Å²) in [6.45, 7) is 5.69. The molecule has 1 heterocycles. The average molecular weight is 432 g/mol. The second kappa shape index (κ2) is 8.85. The van der Waals surface area contributed by atoms with E-state index >= 15 is 0 Å². The Morgan fingerprint density at radius 3 is 2.74 bits per heavy atom. The molecule has 8 heteroatoms. The Labute approximate surface area is 166 Å². The standard InChI is InChI=1S/C19H22BrN5O2/c1-4-25-19(22-23-24-25)21-11-15-16(20)9-10-17(26-3)18(15)27-12-14-8-6-5-7-13(14)2/h5-10H,4,11-12H2,1-3H3,(H,21,22,24). The molecular weight excluding hydrogens is 410 g/mol. The zero-order chi connectivity index (χ0) is 19.2. The third kappa shape index (κ3) is 4.39. The van der Waals surface area contributed by atoms with Crippen LogP contribution in [0.4, 0.5) is 5.95 Å². The fourth-order valence-electron chi connectivity index (χ4n) is 2.70. The molecule has 2 aromatic carbocycles. The van der Waals surface area contributed by atoms with Crippen LogP contribution in [0.25, 0.3) is 0 Å². The van der Waals surface area contributed by atoms with E-state index in [2.05, 4.69) is 55.8 Å². The molecule has 7 nitrogen and oxygen atoms in total. The van der Waals surface area contributed by atoms with Gasteiger partial charge in [0.2, 0.25) is 5.95 Å². The van der Waals surface area contributed by atoms with Crippen molar-refractivity contribution < 1.29 is 9.47 Å². The van der Waals surface area contributed by atoms with Crippen LogP contribution in [0, 0.1) is 6.92 Å². The highest BCUT2D eigenvalue weighted by Crippen LogP contribution is 2.37. The van der Waals surface area contributed by atoms with Gasteiger partial charge in [-0.2, -0.15) is 0 Å². The lowest BCUT2D eigenvalue weighted by molar-refractivity contribution is 0.281. The van der Waals surface area contributed by atoms with Crippen molar-refractivity contribution in [2.24, 2.45) is 0 Å². The highest BCUT2D eigenvalue weighted by Gasteiger charge is 2.16. The van der Waals surface area contributed by atoms with Gasteiger partial charge < -0.3 is 14.8 Å². The summed E-state index contributed by atoms with van der Waals surface area (Å²) in [4.78, 5) is 0. The minimum atomic E-state index is 0.458. The van der Waals surface area contributed by atoms with Crippen molar-refractivity contribution in [3.63, 3.8) is 0 Å². The van der Waals surface area contributed by atoms with Crippen molar-refractivity contribution in [2.75, 3.05) is 12.4 Å². The normalized spacial score (nSPS) is 10.7. The van der Waals surface area contributed by atoms with Gasteiger partial charge >= 0.3 is 0 Å². The summed E-state index contributed by atoms with van der Waals surface area (Å²) in [7, 11) is 1.64. The Balaban J connectivity index is 1.85. The van der Waals surface area contributed by atoms with Crippen molar-refractivity contribution in [1.29, 1.82) is 0 Å². The minimum Gasteiger partial charge on any atom is -0.493 e. The Hall–Kier alpha value is -2.61. The molecule has 0 amide bonds. The zero-order valence-corrected chi connectivity index (χ0v) is 17.2. The first kappa shape index (κ1) is 19.2. The molecule has 0 unspecified atom stereocenters. The molecule has 0 bridgehead atoms. The summed E-state index contributed by atoms with van der Waals surface area (Å²) >= 11 is 3.62. The van der Waals surface area contributed by atoms with Crippen molar-refractivity contribution in [3.05, 3.63) is 57.6 Å². The molecule has 1 aromatic heterocycles. The molecule has 0 aliphatic heterocycles. The van der Waals surface area contributed by atoms with E-state index in [4.69, 9.17) is 9.47 Å². The first-order valence-electron chi connectivity index (χ1n) is 8.66. The summed E-state index contributed by atoms with van der Waals surface area (Å²) in [5, 5.41) is 14.9. The van der Waals surface area contributed by atoms with Gasteiger partial charge in [0, 0.05) is 23.1 Å². The second-order valence-corrected chi connectivity index (χ2v) is 6.80. The molecule has 3 rings (SSSR count). The number of anilines is 1. The summed E-state index contributed by atoms with van der Waals surface area (Å²) in [6, 6.07) is 12.0. The topological polar surface area (TPSA) is 74.1 Å². The van der Waals surface area contributed by atoms with Gasteiger partial charge in [-0.3, -0.25) is 0 Å². The molecule has 1 N–H and O–H groups in total. The lowest BCUT2D eigenvalue weighted by atomic mass is 10.1. The van der Waals surface area contributed by atoms with Crippen molar-refractivity contribution in [1.82, 2.24) is 20.2 Å². The number of nitrogens with zero attached hydrogens (tertiary/aromatic N) is 4. The number of nitrogens with one attached hydrogen (secondary N) is 1. The van der Waals surface area contributed by atoms with Gasteiger partial charge in [-0.05, 0) is 47.5 Å². The molecule has 0 atom stereocenters.